The lowest BCUT2D eigenvalue weighted by atomic mass is 10.1. The second-order valence-corrected chi connectivity index (χ2v) is 4.53. The third-order valence-corrected chi connectivity index (χ3v) is 2.95. The Morgan fingerprint density at radius 3 is 2.93 bits per heavy atom. The highest BCUT2D eigenvalue weighted by Gasteiger charge is 2.29. The number of ketones is 1. The fourth-order valence-electron chi connectivity index (χ4n) is 1.85. The molecule has 1 aliphatic carbocycles. The van der Waals surface area contributed by atoms with Gasteiger partial charge in [-0.2, -0.15) is 0 Å². The van der Waals surface area contributed by atoms with Gasteiger partial charge in [0, 0.05) is 23.4 Å². The van der Waals surface area contributed by atoms with Crippen molar-refractivity contribution in [1.82, 2.24) is 5.32 Å². The SMILES string of the molecule is CC(=O)N[C@H]1CC(=O)c2cc(Br)ccc21. The van der Waals surface area contributed by atoms with Gasteiger partial charge in [-0.15, -0.1) is 0 Å². The summed E-state index contributed by atoms with van der Waals surface area (Å²) in [5.74, 6) is -0.0198. The molecule has 1 aromatic rings. The lowest BCUT2D eigenvalue weighted by molar-refractivity contribution is -0.119. The Bertz CT molecular complexity index is 442. The minimum atomic E-state index is -0.155. The molecular formula is C11H10BrNO2. The van der Waals surface area contributed by atoms with Crippen LogP contribution in [0.25, 0.3) is 0 Å². The van der Waals surface area contributed by atoms with E-state index in [1.54, 1.807) is 6.07 Å². The number of hydrogen-bond donors (Lipinski definition) is 1. The molecule has 4 heteroatoms. The van der Waals surface area contributed by atoms with Crippen molar-refractivity contribution in [3.05, 3.63) is 33.8 Å². The van der Waals surface area contributed by atoms with E-state index in [9.17, 15) is 9.59 Å². The highest BCUT2D eigenvalue weighted by atomic mass is 79.9. The third-order valence-electron chi connectivity index (χ3n) is 2.46. The van der Waals surface area contributed by atoms with E-state index in [-0.39, 0.29) is 17.7 Å². The van der Waals surface area contributed by atoms with Crippen LogP contribution in [-0.2, 0) is 4.79 Å². The molecular weight excluding hydrogens is 258 g/mol. The molecule has 0 fully saturated rings. The fraction of sp³-hybridized carbons (Fsp3) is 0.273. The second kappa shape index (κ2) is 3.77. The van der Waals surface area contributed by atoms with E-state index in [1.807, 2.05) is 12.1 Å². The Labute approximate surface area is 96.0 Å². The number of fused-ring (bicyclic) bond motifs is 1. The number of carbonyl (C=O) groups is 2. The summed E-state index contributed by atoms with van der Waals surface area (Å²) in [6.07, 6.45) is 0.366. The van der Waals surface area contributed by atoms with Crippen LogP contribution in [0.2, 0.25) is 0 Å². The first-order valence-electron chi connectivity index (χ1n) is 4.67. The van der Waals surface area contributed by atoms with Gasteiger partial charge in [0.1, 0.15) is 0 Å². The number of nitrogens with one attached hydrogen (secondary N) is 1. The number of hydrogen-bond acceptors (Lipinski definition) is 2. The van der Waals surface area contributed by atoms with Gasteiger partial charge >= 0.3 is 0 Å². The van der Waals surface area contributed by atoms with Gasteiger partial charge in [0.15, 0.2) is 5.78 Å². The first kappa shape index (κ1) is 10.4. The summed E-state index contributed by atoms with van der Waals surface area (Å²) in [5, 5.41) is 2.77. The summed E-state index contributed by atoms with van der Waals surface area (Å²) < 4.78 is 0.887. The number of rotatable bonds is 1. The fourth-order valence-corrected chi connectivity index (χ4v) is 2.21. The summed E-state index contributed by atoms with van der Waals surface area (Å²) in [5.41, 5.74) is 1.63. The van der Waals surface area contributed by atoms with Crippen molar-refractivity contribution in [2.75, 3.05) is 0 Å². The zero-order chi connectivity index (χ0) is 11.0. The maximum absolute atomic E-state index is 11.6. The van der Waals surface area contributed by atoms with Gasteiger partial charge in [-0.3, -0.25) is 9.59 Å². The van der Waals surface area contributed by atoms with E-state index in [2.05, 4.69) is 21.2 Å². The van der Waals surface area contributed by atoms with Crippen LogP contribution in [0.3, 0.4) is 0 Å². The largest absolute Gasteiger partial charge is 0.349 e. The maximum atomic E-state index is 11.6. The standard InChI is InChI=1S/C11H10BrNO2/c1-6(14)13-10-5-11(15)9-4-7(12)2-3-8(9)10/h2-4,10H,5H2,1H3,(H,13,14)/t10-/m0/s1. The summed E-state index contributed by atoms with van der Waals surface area (Å²) in [6, 6.07) is 5.41. The molecule has 0 spiro atoms. The van der Waals surface area contributed by atoms with Crippen molar-refractivity contribution in [1.29, 1.82) is 0 Å². The highest BCUT2D eigenvalue weighted by Crippen LogP contribution is 2.32. The predicted octanol–water partition coefficient (Wildman–Crippen LogP) is 2.21. The number of Topliss-reactive ketones (excluding diaryl/α,β-unsaturated/α-hetero) is 1. The zero-order valence-corrected chi connectivity index (χ0v) is 9.80. The van der Waals surface area contributed by atoms with Gasteiger partial charge < -0.3 is 5.32 Å². The van der Waals surface area contributed by atoms with Gasteiger partial charge in [-0.1, -0.05) is 22.0 Å². The van der Waals surface area contributed by atoms with E-state index in [1.165, 1.54) is 6.92 Å². The maximum Gasteiger partial charge on any atom is 0.217 e. The van der Waals surface area contributed by atoms with E-state index in [0.29, 0.717) is 12.0 Å². The van der Waals surface area contributed by atoms with E-state index in [4.69, 9.17) is 0 Å². The van der Waals surface area contributed by atoms with Gasteiger partial charge in [-0.25, -0.2) is 0 Å². The molecule has 0 aromatic heterocycles. The zero-order valence-electron chi connectivity index (χ0n) is 8.21. The van der Waals surface area contributed by atoms with Crippen LogP contribution < -0.4 is 5.32 Å². The molecule has 1 N–H and O–H groups in total. The van der Waals surface area contributed by atoms with Gasteiger partial charge in [-0.05, 0) is 17.7 Å². The Balaban J connectivity index is 2.38. The van der Waals surface area contributed by atoms with E-state index in [0.717, 1.165) is 10.0 Å². The highest BCUT2D eigenvalue weighted by molar-refractivity contribution is 9.10. The molecule has 1 aromatic carbocycles. The molecule has 1 aliphatic rings. The predicted molar refractivity (Wildman–Crippen MR) is 59.6 cm³/mol. The van der Waals surface area contributed by atoms with Gasteiger partial charge in [0.2, 0.25) is 5.91 Å². The van der Waals surface area contributed by atoms with Crippen molar-refractivity contribution in [2.45, 2.75) is 19.4 Å². The van der Waals surface area contributed by atoms with Crippen molar-refractivity contribution in [2.24, 2.45) is 0 Å². The van der Waals surface area contributed by atoms with Crippen molar-refractivity contribution >= 4 is 27.6 Å². The van der Waals surface area contributed by atoms with Crippen LogP contribution in [-0.4, -0.2) is 11.7 Å². The Morgan fingerprint density at radius 2 is 2.27 bits per heavy atom. The Morgan fingerprint density at radius 1 is 1.53 bits per heavy atom. The van der Waals surface area contributed by atoms with Gasteiger partial charge in [0.25, 0.3) is 0 Å². The van der Waals surface area contributed by atoms with E-state index < -0.39 is 0 Å². The molecule has 0 heterocycles. The molecule has 78 valence electrons. The van der Waals surface area contributed by atoms with Crippen LogP contribution in [0.15, 0.2) is 22.7 Å². The summed E-state index contributed by atoms with van der Waals surface area (Å²) in [4.78, 5) is 22.6. The molecule has 0 radical (unpaired) electrons. The molecule has 0 saturated heterocycles. The normalized spacial score (nSPS) is 18.8. The average molecular weight is 268 g/mol. The molecule has 3 nitrogen and oxygen atoms in total. The van der Waals surface area contributed by atoms with Crippen LogP contribution in [0, 0.1) is 0 Å². The third kappa shape index (κ3) is 1.95. The molecule has 0 aliphatic heterocycles. The molecule has 0 saturated carbocycles. The topological polar surface area (TPSA) is 46.2 Å². The lowest BCUT2D eigenvalue weighted by Gasteiger charge is -2.11. The van der Waals surface area contributed by atoms with Crippen molar-refractivity contribution in [3.8, 4) is 0 Å². The smallest absolute Gasteiger partial charge is 0.217 e. The Hall–Kier alpha value is -1.16. The number of halogens is 1. The molecule has 1 atom stereocenters. The summed E-state index contributed by atoms with van der Waals surface area (Å²) in [7, 11) is 0. The minimum Gasteiger partial charge on any atom is -0.349 e. The van der Waals surface area contributed by atoms with Gasteiger partial charge in [0.05, 0.1) is 6.04 Å². The minimum absolute atomic E-state index is 0.0880. The number of carbonyl (C=O) groups excluding carboxylic acids is 2. The van der Waals surface area contributed by atoms with E-state index >= 15 is 0 Å². The lowest BCUT2D eigenvalue weighted by Crippen LogP contribution is -2.24. The first-order valence-corrected chi connectivity index (χ1v) is 5.47. The number of benzene rings is 1. The Kier molecular flexibility index (Phi) is 2.61. The van der Waals surface area contributed by atoms with Crippen LogP contribution >= 0.6 is 15.9 Å². The molecule has 1 amide bonds. The molecule has 2 rings (SSSR count). The van der Waals surface area contributed by atoms with Crippen molar-refractivity contribution in [3.63, 3.8) is 0 Å². The summed E-state index contributed by atoms with van der Waals surface area (Å²) >= 11 is 3.32. The second-order valence-electron chi connectivity index (χ2n) is 3.61. The molecule has 0 unspecified atom stereocenters. The quantitative estimate of drug-likeness (QED) is 0.848. The molecule has 0 bridgehead atoms. The van der Waals surface area contributed by atoms with Crippen LogP contribution in [0.1, 0.15) is 35.3 Å². The summed E-state index contributed by atoms with van der Waals surface area (Å²) in [6.45, 7) is 1.46. The van der Waals surface area contributed by atoms with Crippen LogP contribution in [0.4, 0.5) is 0 Å². The van der Waals surface area contributed by atoms with Crippen molar-refractivity contribution < 1.29 is 9.59 Å². The average Bonchev–Trinajstić information content (AvgIpc) is 2.42. The van der Waals surface area contributed by atoms with Crippen LogP contribution in [0.5, 0.6) is 0 Å². The first-order chi connectivity index (χ1) is 7.08. The monoisotopic (exact) mass is 267 g/mol. The molecule has 15 heavy (non-hydrogen) atoms. The number of amides is 1.